The summed E-state index contributed by atoms with van der Waals surface area (Å²) in [4.78, 5) is 25.1. The van der Waals surface area contributed by atoms with Crippen molar-refractivity contribution in [3.05, 3.63) is 66.0 Å². The fraction of sp³-hybridized carbons (Fsp3) is 0.200. The van der Waals surface area contributed by atoms with Gasteiger partial charge in [-0.25, -0.2) is 4.98 Å². The number of para-hydroxylation sites is 1. The van der Waals surface area contributed by atoms with E-state index in [9.17, 15) is 10.1 Å². The molecule has 4 rings (SSSR count). The molecule has 1 saturated heterocycles. The van der Waals surface area contributed by atoms with Gasteiger partial charge in [0, 0.05) is 44.0 Å². The van der Waals surface area contributed by atoms with E-state index in [1.54, 1.807) is 24.5 Å². The highest BCUT2D eigenvalue weighted by atomic mass is 16.2. The Kier molecular flexibility index (Phi) is 4.20. The summed E-state index contributed by atoms with van der Waals surface area (Å²) in [5.41, 5.74) is 2.04. The molecule has 3 heterocycles. The first-order valence-corrected chi connectivity index (χ1v) is 8.50. The highest BCUT2D eigenvalue weighted by Crippen LogP contribution is 2.24. The van der Waals surface area contributed by atoms with Crippen molar-refractivity contribution in [1.82, 2.24) is 14.9 Å². The molecule has 2 aromatic heterocycles. The number of nitrogens with zero attached hydrogens (tertiary/aromatic N) is 5. The molecule has 1 aliphatic heterocycles. The van der Waals surface area contributed by atoms with Gasteiger partial charge in [0.05, 0.1) is 16.6 Å². The maximum Gasteiger partial charge on any atom is 0.255 e. The Labute approximate surface area is 151 Å². The number of carbonyl (C=O) groups is 1. The summed E-state index contributed by atoms with van der Waals surface area (Å²) in [6.45, 7) is 2.47. The zero-order chi connectivity index (χ0) is 17.9. The van der Waals surface area contributed by atoms with Gasteiger partial charge < -0.3 is 9.80 Å². The summed E-state index contributed by atoms with van der Waals surface area (Å²) in [5.74, 6) is 0.685. The monoisotopic (exact) mass is 343 g/mol. The van der Waals surface area contributed by atoms with Gasteiger partial charge in [0.1, 0.15) is 11.9 Å². The van der Waals surface area contributed by atoms with Crippen molar-refractivity contribution in [3.63, 3.8) is 0 Å². The van der Waals surface area contributed by atoms with Crippen LogP contribution in [-0.2, 0) is 0 Å². The van der Waals surface area contributed by atoms with Crippen LogP contribution >= 0.6 is 0 Å². The molecule has 6 heteroatoms. The average molecular weight is 343 g/mol. The number of piperazine rings is 1. The Balaban J connectivity index is 1.54. The third-order valence-corrected chi connectivity index (χ3v) is 4.60. The molecule has 0 radical (unpaired) electrons. The van der Waals surface area contributed by atoms with E-state index in [0.29, 0.717) is 43.1 Å². The minimum atomic E-state index is -0.00951. The number of pyridine rings is 2. The summed E-state index contributed by atoms with van der Waals surface area (Å²) in [6.07, 6.45) is 3.25. The lowest BCUT2D eigenvalue weighted by molar-refractivity contribution is 0.0746. The smallest absolute Gasteiger partial charge is 0.255 e. The topological polar surface area (TPSA) is 73.1 Å². The van der Waals surface area contributed by atoms with Crippen molar-refractivity contribution >= 4 is 22.6 Å². The molecule has 26 heavy (non-hydrogen) atoms. The maximum atomic E-state index is 12.5. The van der Waals surface area contributed by atoms with Crippen molar-refractivity contribution in [1.29, 1.82) is 5.26 Å². The first-order chi connectivity index (χ1) is 12.8. The van der Waals surface area contributed by atoms with Crippen LogP contribution in [0.1, 0.15) is 15.9 Å². The van der Waals surface area contributed by atoms with Crippen molar-refractivity contribution in [2.24, 2.45) is 0 Å². The van der Waals surface area contributed by atoms with E-state index in [0.717, 1.165) is 10.9 Å². The summed E-state index contributed by atoms with van der Waals surface area (Å²) in [6, 6.07) is 15.5. The second-order valence-electron chi connectivity index (χ2n) is 6.18. The molecule has 0 spiro atoms. The van der Waals surface area contributed by atoms with Crippen molar-refractivity contribution in [3.8, 4) is 6.07 Å². The molecular weight excluding hydrogens is 326 g/mol. The second kappa shape index (κ2) is 6.81. The van der Waals surface area contributed by atoms with E-state index in [-0.39, 0.29) is 5.91 Å². The number of anilines is 1. The van der Waals surface area contributed by atoms with E-state index in [1.165, 1.54) is 0 Å². The van der Waals surface area contributed by atoms with E-state index >= 15 is 0 Å². The van der Waals surface area contributed by atoms with Gasteiger partial charge in [-0.2, -0.15) is 5.26 Å². The molecule has 0 saturated carbocycles. The standard InChI is InChI=1S/C20H17N5O/c21-13-17-12-15-4-1-2-6-18(15)23-19(17)24-8-10-25(11-9-24)20(26)16-5-3-7-22-14-16/h1-7,12,14H,8-11H2. The average Bonchev–Trinajstić information content (AvgIpc) is 2.73. The van der Waals surface area contributed by atoms with Crippen molar-refractivity contribution in [2.75, 3.05) is 31.1 Å². The molecule has 6 nitrogen and oxygen atoms in total. The first kappa shape index (κ1) is 16.0. The van der Waals surface area contributed by atoms with Crippen LogP contribution in [-0.4, -0.2) is 47.0 Å². The highest BCUT2D eigenvalue weighted by Gasteiger charge is 2.24. The van der Waals surface area contributed by atoms with E-state index in [1.807, 2.05) is 35.2 Å². The van der Waals surface area contributed by atoms with Gasteiger partial charge >= 0.3 is 0 Å². The SMILES string of the molecule is N#Cc1cc2ccccc2nc1N1CCN(C(=O)c2cccnc2)CC1. The lowest BCUT2D eigenvalue weighted by Crippen LogP contribution is -2.49. The van der Waals surface area contributed by atoms with Crippen LogP contribution in [0.25, 0.3) is 10.9 Å². The minimum absolute atomic E-state index is 0.00951. The maximum absolute atomic E-state index is 12.5. The van der Waals surface area contributed by atoms with Gasteiger partial charge in [-0.3, -0.25) is 9.78 Å². The molecule has 1 aliphatic rings. The Hall–Kier alpha value is -3.46. The molecule has 0 N–H and O–H groups in total. The highest BCUT2D eigenvalue weighted by molar-refractivity contribution is 5.94. The van der Waals surface area contributed by atoms with Gasteiger partial charge in [0.15, 0.2) is 0 Å². The minimum Gasteiger partial charge on any atom is -0.352 e. The quantitative estimate of drug-likeness (QED) is 0.715. The third kappa shape index (κ3) is 2.95. The predicted molar refractivity (Wildman–Crippen MR) is 98.8 cm³/mol. The van der Waals surface area contributed by atoms with Crippen LogP contribution in [0.15, 0.2) is 54.9 Å². The van der Waals surface area contributed by atoms with Crippen molar-refractivity contribution in [2.45, 2.75) is 0 Å². The van der Waals surface area contributed by atoms with Crippen molar-refractivity contribution < 1.29 is 4.79 Å². The lowest BCUT2D eigenvalue weighted by Gasteiger charge is -2.35. The summed E-state index contributed by atoms with van der Waals surface area (Å²) in [7, 11) is 0. The molecule has 0 unspecified atom stereocenters. The molecule has 3 aromatic rings. The van der Waals surface area contributed by atoms with Gasteiger partial charge in [-0.1, -0.05) is 18.2 Å². The summed E-state index contributed by atoms with van der Waals surface area (Å²) in [5, 5.41) is 10.5. The van der Waals surface area contributed by atoms with E-state index < -0.39 is 0 Å². The summed E-state index contributed by atoms with van der Waals surface area (Å²) < 4.78 is 0. The lowest BCUT2D eigenvalue weighted by atomic mass is 10.1. The normalized spacial score (nSPS) is 14.3. The molecule has 1 aromatic carbocycles. The Morgan fingerprint density at radius 2 is 1.88 bits per heavy atom. The van der Waals surface area contributed by atoms with Crippen LogP contribution in [0, 0.1) is 11.3 Å². The van der Waals surface area contributed by atoms with Crippen LogP contribution < -0.4 is 4.90 Å². The Bertz CT molecular complexity index is 988. The van der Waals surface area contributed by atoms with Crippen LogP contribution in [0.5, 0.6) is 0 Å². The Morgan fingerprint density at radius 1 is 1.08 bits per heavy atom. The molecular formula is C20H17N5O. The molecule has 0 bridgehead atoms. The molecule has 0 aliphatic carbocycles. The molecule has 1 amide bonds. The van der Waals surface area contributed by atoms with Gasteiger partial charge in [0.25, 0.3) is 5.91 Å². The predicted octanol–water partition coefficient (Wildman–Crippen LogP) is 2.46. The van der Waals surface area contributed by atoms with Gasteiger partial charge in [-0.15, -0.1) is 0 Å². The van der Waals surface area contributed by atoms with E-state index in [2.05, 4.69) is 20.9 Å². The number of rotatable bonds is 2. The largest absolute Gasteiger partial charge is 0.352 e. The number of fused-ring (bicyclic) bond motifs is 1. The number of hydrogen-bond acceptors (Lipinski definition) is 5. The van der Waals surface area contributed by atoms with Crippen LogP contribution in [0.4, 0.5) is 5.82 Å². The second-order valence-corrected chi connectivity index (χ2v) is 6.18. The first-order valence-electron chi connectivity index (χ1n) is 8.50. The molecule has 1 fully saturated rings. The number of nitriles is 1. The van der Waals surface area contributed by atoms with Crippen LogP contribution in [0.2, 0.25) is 0 Å². The number of hydrogen-bond donors (Lipinski definition) is 0. The van der Waals surface area contributed by atoms with Gasteiger partial charge in [-0.05, 0) is 24.3 Å². The number of benzene rings is 1. The van der Waals surface area contributed by atoms with Gasteiger partial charge in [0.2, 0.25) is 0 Å². The number of carbonyl (C=O) groups excluding carboxylic acids is 1. The zero-order valence-electron chi connectivity index (χ0n) is 14.2. The molecule has 0 atom stereocenters. The third-order valence-electron chi connectivity index (χ3n) is 4.60. The van der Waals surface area contributed by atoms with E-state index in [4.69, 9.17) is 0 Å². The summed E-state index contributed by atoms with van der Waals surface area (Å²) >= 11 is 0. The number of amides is 1. The Morgan fingerprint density at radius 3 is 2.62 bits per heavy atom. The zero-order valence-corrected chi connectivity index (χ0v) is 14.2. The number of aromatic nitrogens is 2. The molecule has 128 valence electrons. The fourth-order valence-corrected chi connectivity index (χ4v) is 3.22. The fourth-order valence-electron chi connectivity index (χ4n) is 3.22. The van der Waals surface area contributed by atoms with Crippen LogP contribution in [0.3, 0.4) is 0 Å².